The highest BCUT2D eigenvalue weighted by molar-refractivity contribution is 7.14. The molecule has 1 aromatic heterocycles. The molecule has 6 nitrogen and oxygen atoms in total. The molecule has 0 bridgehead atoms. The molecule has 0 saturated heterocycles. The topological polar surface area (TPSA) is 74.3 Å². The second kappa shape index (κ2) is 9.86. The van der Waals surface area contributed by atoms with Crippen LogP contribution >= 0.6 is 11.3 Å². The monoisotopic (exact) mass is 378 g/mol. The summed E-state index contributed by atoms with van der Waals surface area (Å²) < 4.78 is 12.9. The number of carbonyl (C=O) groups is 2. The fourth-order valence-electron chi connectivity index (χ4n) is 2.41. The van der Waals surface area contributed by atoms with Gasteiger partial charge in [-0.1, -0.05) is 13.8 Å². The van der Waals surface area contributed by atoms with Gasteiger partial charge in [-0.25, -0.2) is 14.2 Å². The Balaban J connectivity index is 1.89. The first-order valence-electron chi connectivity index (χ1n) is 8.57. The maximum Gasteiger partial charge on any atom is 0.325 e. The van der Waals surface area contributed by atoms with Crippen molar-refractivity contribution < 1.29 is 14.0 Å². The van der Waals surface area contributed by atoms with E-state index in [-0.39, 0.29) is 18.1 Å². The zero-order valence-electron chi connectivity index (χ0n) is 14.9. The van der Waals surface area contributed by atoms with E-state index < -0.39 is 6.03 Å². The highest BCUT2D eigenvalue weighted by Crippen LogP contribution is 2.17. The Kier molecular flexibility index (Phi) is 7.53. The third kappa shape index (κ3) is 6.11. The van der Waals surface area contributed by atoms with Crippen molar-refractivity contribution in [2.45, 2.75) is 33.1 Å². The van der Waals surface area contributed by atoms with Gasteiger partial charge in [-0.2, -0.15) is 0 Å². The van der Waals surface area contributed by atoms with Crippen molar-refractivity contribution in [3.63, 3.8) is 0 Å². The minimum atomic E-state index is -0.470. The SMILES string of the molecule is CCCN(CCC)C(=O)Cc1csc(NC(=O)Nc2ccc(F)cc2)n1. The van der Waals surface area contributed by atoms with Crippen LogP contribution in [0.1, 0.15) is 32.4 Å². The Hall–Kier alpha value is -2.48. The predicted octanol–water partition coefficient (Wildman–Crippen LogP) is 4.12. The molecule has 0 fully saturated rings. The van der Waals surface area contributed by atoms with Crippen LogP contribution in [-0.2, 0) is 11.2 Å². The molecule has 0 aliphatic rings. The summed E-state index contributed by atoms with van der Waals surface area (Å²) >= 11 is 1.26. The summed E-state index contributed by atoms with van der Waals surface area (Å²) in [6.07, 6.45) is 2.05. The summed E-state index contributed by atoms with van der Waals surface area (Å²) in [6, 6.07) is 5.00. The molecule has 0 atom stereocenters. The first-order chi connectivity index (χ1) is 12.5. The van der Waals surface area contributed by atoms with Crippen LogP contribution in [0, 0.1) is 5.82 Å². The molecule has 0 aliphatic carbocycles. The van der Waals surface area contributed by atoms with Gasteiger partial charge in [0.15, 0.2) is 5.13 Å². The lowest BCUT2D eigenvalue weighted by atomic mass is 10.2. The van der Waals surface area contributed by atoms with E-state index >= 15 is 0 Å². The van der Waals surface area contributed by atoms with E-state index in [1.807, 2.05) is 18.7 Å². The fourth-order valence-corrected chi connectivity index (χ4v) is 3.11. The average Bonchev–Trinajstić information content (AvgIpc) is 3.03. The zero-order chi connectivity index (χ0) is 18.9. The Morgan fingerprint density at radius 3 is 2.38 bits per heavy atom. The normalized spacial score (nSPS) is 10.4. The van der Waals surface area contributed by atoms with Crippen molar-refractivity contribution in [1.29, 1.82) is 0 Å². The van der Waals surface area contributed by atoms with Crippen LogP contribution in [-0.4, -0.2) is 34.9 Å². The minimum Gasteiger partial charge on any atom is -0.342 e. The molecule has 2 N–H and O–H groups in total. The van der Waals surface area contributed by atoms with E-state index in [9.17, 15) is 14.0 Å². The molecule has 1 heterocycles. The van der Waals surface area contributed by atoms with E-state index in [2.05, 4.69) is 15.6 Å². The first kappa shape index (κ1) is 19.8. The van der Waals surface area contributed by atoms with E-state index in [1.165, 1.54) is 35.6 Å². The van der Waals surface area contributed by atoms with Crippen LogP contribution in [0.15, 0.2) is 29.6 Å². The highest BCUT2D eigenvalue weighted by atomic mass is 32.1. The van der Waals surface area contributed by atoms with E-state index in [4.69, 9.17) is 0 Å². The number of carbonyl (C=O) groups excluding carboxylic acids is 2. The number of amides is 3. The number of benzene rings is 1. The lowest BCUT2D eigenvalue weighted by Crippen LogP contribution is -2.33. The summed E-state index contributed by atoms with van der Waals surface area (Å²) in [5.41, 5.74) is 1.11. The Bertz CT molecular complexity index is 727. The molecule has 2 aromatic rings. The number of nitrogens with one attached hydrogen (secondary N) is 2. The van der Waals surface area contributed by atoms with Gasteiger partial charge >= 0.3 is 6.03 Å². The molecule has 140 valence electrons. The van der Waals surface area contributed by atoms with Crippen molar-refractivity contribution in [2.24, 2.45) is 0 Å². The third-order valence-corrected chi connectivity index (χ3v) is 4.35. The molecule has 3 amide bonds. The third-order valence-electron chi connectivity index (χ3n) is 3.55. The summed E-state index contributed by atoms with van der Waals surface area (Å²) in [6.45, 7) is 5.56. The highest BCUT2D eigenvalue weighted by Gasteiger charge is 2.15. The molecule has 8 heteroatoms. The number of anilines is 2. The van der Waals surface area contributed by atoms with E-state index in [0.29, 0.717) is 16.5 Å². The fraction of sp³-hybridized carbons (Fsp3) is 0.389. The van der Waals surface area contributed by atoms with Gasteiger partial charge in [-0.3, -0.25) is 10.1 Å². The van der Waals surface area contributed by atoms with Crippen molar-refractivity contribution in [2.75, 3.05) is 23.7 Å². The van der Waals surface area contributed by atoms with Gasteiger partial charge in [0, 0.05) is 24.2 Å². The largest absolute Gasteiger partial charge is 0.342 e. The molecule has 0 unspecified atom stereocenters. The van der Waals surface area contributed by atoms with Gasteiger partial charge in [0.1, 0.15) is 5.82 Å². The summed E-state index contributed by atoms with van der Waals surface area (Å²) in [4.78, 5) is 30.4. The number of urea groups is 1. The number of nitrogens with zero attached hydrogens (tertiary/aromatic N) is 2. The van der Waals surface area contributed by atoms with Crippen LogP contribution in [0.2, 0.25) is 0 Å². The smallest absolute Gasteiger partial charge is 0.325 e. The van der Waals surface area contributed by atoms with Gasteiger partial charge in [0.05, 0.1) is 12.1 Å². The van der Waals surface area contributed by atoms with Crippen molar-refractivity contribution >= 4 is 34.1 Å². The average molecular weight is 378 g/mol. The van der Waals surface area contributed by atoms with Gasteiger partial charge < -0.3 is 10.2 Å². The minimum absolute atomic E-state index is 0.0429. The van der Waals surface area contributed by atoms with Crippen LogP contribution in [0.4, 0.5) is 20.0 Å². The standard InChI is InChI=1S/C18H23FN4O2S/c1-3-9-23(10-4-2)16(24)11-15-12-26-18(21-15)22-17(25)20-14-7-5-13(19)6-8-14/h5-8,12H,3-4,9-11H2,1-2H3,(H2,20,21,22,25). The first-order valence-corrected chi connectivity index (χ1v) is 9.45. The molecule has 0 spiro atoms. The van der Waals surface area contributed by atoms with Crippen LogP contribution in [0.25, 0.3) is 0 Å². The van der Waals surface area contributed by atoms with E-state index in [1.54, 1.807) is 5.38 Å². The number of rotatable bonds is 8. The second-order valence-electron chi connectivity index (χ2n) is 5.79. The number of hydrogen-bond acceptors (Lipinski definition) is 4. The maximum atomic E-state index is 12.9. The molecule has 26 heavy (non-hydrogen) atoms. The maximum absolute atomic E-state index is 12.9. The van der Waals surface area contributed by atoms with Crippen molar-refractivity contribution in [3.05, 3.63) is 41.2 Å². The summed E-state index contributed by atoms with van der Waals surface area (Å²) in [5, 5.41) is 7.38. The second-order valence-corrected chi connectivity index (χ2v) is 6.65. The zero-order valence-corrected chi connectivity index (χ0v) is 15.7. The van der Waals surface area contributed by atoms with Crippen molar-refractivity contribution in [3.8, 4) is 0 Å². The van der Waals surface area contributed by atoms with Gasteiger partial charge in [-0.15, -0.1) is 11.3 Å². The lowest BCUT2D eigenvalue weighted by molar-refractivity contribution is -0.130. The van der Waals surface area contributed by atoms with Crippen LogP contribution in [0.3, 0.4) is 0 Å². The number of thiazole rings is 1. The number of halogens is 1. The molecule has 2 rings (SSSR count). The number of hydrogen-bond donors (Lipinski definition) is 2. The molecule has 0 aliphatic heterocycles. The molecule has 0 radical (unpaired) electrons. The molecule has 1 aromatic carbocycles. The van der Waals surface area contributed by atoms with Crippen LogP contribution in [0.5, 0.6) is 0 Å². The molecular weight excluding hydrogens is 355 g/mol. The van der Waals surface area contributed by atoms with Crippen LogP contribution < -0.4 is 10.6 Å². The Morgan fingerprint density at radius 1 is 1.12 bits per heavy atom. The summed E-state index contributed by atoms with van der Waals surface area (Å²) in [7, 11) is 0. The van der Waals surface area contributed by atoms with Gasteiger partial charge in [0.2, 0.25) is 5.91 Å². The Morgan fingerprint density at radius 2 is 1.77 bits per heavy atom. The molecule has 0 saturated carbocycles. The van der Waals surface area contributed by atoms with Gasteiger partial charge in [0.25, 0.3) is 0 Å². The lowest BCUT2D eigenvalue weighted by Gasteiger charge is -2.20. The quantitative estimate of drug-likeness (QED) is 0.726. The summed E-state index contributed by atoms with van der Waals surface area (Å²) in [5.74, 6) is -0.327. The van der Waals surface area contributed by atoms with E-state index in [0.717, 1.165) is 25.9 Å². The number of aromatic nitrogens is 1. The van der Waals surface area contributed by atoms with Gasteiger partial charge in [-0.05, 0) is 37.1 Å². The predicted molar refractivity (Wildman–Crippen MR) is 102 cm³/mol. The van der Waals surface area contributed by atoms with Crippen molar-refractivity contribution in [1.82, 2.24) is 9.88 Å². The Labute approximate surface area is 156 Å². The molecular formula is C18H23FN4O2S.